The minimum absolute atomic E-state index is 0.000882. The van der Waals surface area contributed by atoms with Crippen LogP contribution >= 0.6 is 0 Å². The Labute approximate surface area is 274 Å². The summed E-state index contributed by atoms with van der Waals surface area (Å²) in [6.07, 6.45) is 24.3. The van der Waals surface area contributed by atoms with Crippen molar-refractivity contribution in [2.45, 2.75) is 168 Å². The fourth-order valence-electron chi connectivity index (χ4n) is 8.60. The summed E-state index contributed by atoms with van der Waals surface area (Å²) >= 11 is 0. The number of nitrogens with one attached hydrogen (secondary N) is 1. The van der Waals surface area contributed by atoms with E-state index >= 15 is 0 Å². The number of primary amides is 1. The van der Waals surface area contributed by atoms with Gasteiger partial charge in [0, 0.05) is 34.8 Å². The van der Waals surface area contributed by atoms with Crippen LogP contribution < -0.4 is 11.1 Å². The smallest absolute Gasteiger partial charge is 0.254 e. The third-order valence-corrected chi connectivity index (χ3v) is 11.5. The fourth-order valence-corrected chi connectivity index (χ4v) is 8.60. The third-order valence-electron chi connectivity index (χ3n) is 11.5. The highest BCUT2D eigenvalue weighted by Gasteiger charge is 2.36. The summed E-state index contributed by atoms with van der Waals surface area (Å²) in [5.74, 6) is 1.66. The Balaban J connectivity index is 1.51. The van der Waals surface area contributed by atoms with Crippen LogP contribution in [0.3, 0.4) is 0 Å². The molecule has 45 heavy (non-hydrogen) atoms. The molecule has 3 aliphatic carbocycles. The third kappa shape index (κ3) is 10.3. The van der Waals surface area contributed by atoms with Gasteiger partial charge in [-0.25, -0.2) is 0 Å². The van der Waals surface area contributed by atoms with Gasteiger partial charge in [-0.05, 0) is 113 Å². The largest absolute Gasteiger partial charge is 0.366 e. The second-order valence-corrected chi connectivity index (χ2v) is 14.9. The number of hydrogen-bond donors (Lipinski definition) is 2. The molecule has 252 valence electrons. The summed E-state index contributed by atoms with van der Waals surface area (Å²) in [4.78, 5) is 42.6. The molecule has 3 saturated carbocycles. The SMILES string of the molecule is CCCCC1CCC(C(=O)Nc2cc(C(N)=O)cc(C(=O)N(C3CCC(CCCC)CC3)C3CCC(CCCC)CC3)c2)CC1. The fraction of sp³-hybridized carbons (Fsp3) is 0.769. The predicted octanol–water partition coefficient (Wildman–Crippen LogP) is 9.66. The van der Waals surface area contributed by atoms with E-state index in [2.05, 4.69) is 31.0 Å². The molecule has 3 amide bonds. The number of carbonyl (C=O) groups excluding carboxylic acids is 3. The van der Waals surface area contributed by atoms with Gasteiger partial charge in [-0.15, -0.1) is 0 Å². The lowest BCUT2D eigenvalue weighted by molar-refractivity contribution is -0.121. The lowest BCUT2D eigenvalue weighted by Gasteiger charge is -2.44. The summed E-state index contributed by atoms with van der Waals surface area (Å²) in [5.41, 5.74) is 7.05. The molecule has 4 rings (SSSR count). The molecular formula is C39H63N3O3. The lowest BCUT2D eigenvalue weighted by atomic mass is 9.79. The van der Waals surface area contributed by atoms with Crippen molar-refractivity contribution in [2.75, 3.05) is 5.32 Å². The van der Waals surface area contributed by atoms with Gasteiger partial charge in [0.05, 0.1) is 0 Å². The molecule has 0 aliphatic heterocycles. The zero-order valence-electron chi connectivity index (χ0n) is 28.8. The number of benzene rings is 1. The van der Waals surface area contributed by atoms with E-state index in [0.717, 1.165) is 69.1 Å². The first-order valence-corrected chi connectivity index (χ1v) is 18.9. The molecule has 1 aromatic carbocycles. The maximum absolute atomic E-state index is 14.5. The lowest BCUT2D eigenvalue weighted by Crippen LogP contribution is -2.50. The van der Waals surface area contributed by atoms with E-state index in [1.807, 2.05) is 0 Å². The number of hydrogen-bond acceptors (Lipinski definition) is 3. The highest BCUT2D eigenvalue weighted by atomic mass is 16.2. The van der Waals surface area contributed by atoms with Gasteiger partial charge in [0.15, 0.2) is 0 Å². The molecule has 3 fully saturated rings. The van der Waals surface area contributed by atoms with E-state index in [1.165, 1.54) is 83.5 Å². The Morgan fingerprint density at radius 2 is 1.07 bits per heavy atom. The molecule has 0 aromatic heterocycles. The second-order valence-electron chi connectivity index (χ2n) is 14.9. The number of nitrogens with two attached hydrogens (primary N) is 1. The van der Waals surface area contributed by atoms with Crippen molar-refractivity contribution in [3.8, 4) is 0 Å². The van der Waals surface area contributed by atoms with Crippen LogP contribution in [0.15, 0.2) is 18.2 Å². The van der Waals surface area contributed by atoms with Crippen LogP contribution in [0.1, 0.15) is 176 Å². The number of rotatable bonds is 15. The van der Waals surface area contributed by atoms with E-state index in [-0.39, 0.29) is 35.4 Å². The van der Waals surface area contributed by atoms with Crippen molar-refractivity contribution in [1.82, 2.24) is 4.90 Å². The van der Waals surface area contributed by atoms with Crippen LogP contribution in [0.4, 0.5) is 5.69 Å². The molecular weight excluding hydrogens is 558 g/mol. The average Bonchev–Trinajstić information content (AvgIpc) is 3.06. The van der Waals surface area contributed by atoms with Crippen LogP contribution in [-0.4, -0.2) is 34.7 Å². The van der Waals surface area contributed by atoms with Gasteiger partial charge in [-0.1, -0.05) is 78.6 Å². The summed E-state index contributed by atoms with van der Waals surface area (Å²) in [6, 6.07) is 5.56. The van der Waals surface area contributed by atoms with Crippen LogP contribution in [-0.2, 0) is 4.79 Å². The maximum atomic E-state index is 14.5. The number of carbonyl (C=O) groups is 3. The second kappa shape index (κ2) is 18.1. The summed E-state index contributed by atoms with van der Waals surface area (Å²) in [5, 5.41) is 3.09. The number of amides is 3. The van der Waals surface area contributed by atoms with Gasteiger partial charge >= 0.3 is 0 Å². The zero-order valence-corrected chi connectivity index (χ0v) is 28.8. The molecule has 3 N–H and O–H groups in total. The highest BCUT2D eigenvalue weighted by Crippen LogP contribution is 2.38. The standard InChI is InChI=1S/C39H63N3O3/c1-4-7-10-28-13-19-31(20-14-28)38(44)41-34-26-32(37(40)43)25-33(27-34)39(45)42(35-21-15-29(16-22-35)11-8-5-2)36-23-17-30(18-24-36)12-9-6-3/h25-31,35-36H,4-24H2,1-3H3,(H2,40,43)(H,41,44). The van der Waals surface area contributed by atoms with E-state index in [9.17, 15) is 14.4 Å². The first-order valence-electron chi connectivity index (χ1n) is 18.9. The minimum atomic E-state index is -0.573. The van der Waals surface area contributed by atoms with E-state index in [1.54, 1.807) is 18.2 Å². The van der Waals surface area contributed by atoms with Crippen molar-refractivity contribution in [3.05, 3.63) is 29.3 Å². The topological polar surface area (TPSA) is 92.5 Å². The molecule has 0 saturated heterocycles. The number of anilines is 1. The molecule has 0 bridgehead atoms. The van der Waals surface area contributed by atoms with Crippen molar-refractivity contribution in [3.63, 3.8) is 0 Å². The molecule has 0 spiro atoms. The quantitative estimate of drug-likeness (QED) is 0.204. The first-order chi connectivity index (χ1) is 21.8. The van der Waals surface area contributed by atoms with Crippen LogP contribution in [0.2, 0.25) is 0 Å². The van der Waals surface area contributed by atoms with Crippen LogP contribution in [0.25, 0.3) is 0 Å². The molecule has 0 radical (unpaired) electrons. The molecule has 1 aromatic rings. The average molecular weight is 622 g/mol. The zero-order chi connectivity index (χ0) is 32.2. The summed E-state index contributed by atoms with van der Waals surface area (Å²) in [6.45, 7) is 6.76. The molecule has 0 atom stereocenters. The molecule has 3 aliphatic rings. The van der Waals surface area contributed by atoms with Gasteiger partial charge in [0.2, 0.25) is 11.8 Å². The first kappa shape index (κ1) is 35.5. The Morgan fingerprint density at radius 3 is 1.49 bits per heavy atom. The van der Waals surface area contributed by atoms with Crippen LogP contribution in [0, 0.1) is 23.7 Å². The van der Waals surface area contributed by atoms with Crippen molar-refractivity contribution >= 4 is 23.4 Å². The Kier molecular flexibility index (Phi) is 14.3. The van der Waals surface area contributed by atoms with Gasteiger partial charge in [0.25, 0.3) is 5.91 Å². The Bertz CT molecular complexity index is 1050. The van der Waals surface area contributed by atoms with Gasteiger partial charge < -0.3 is 16.0 Å². The normalized spacial score (nSPS) is 27.1. The van der Waals surface area contributed by atoms with Crippen molar-refractivity contribution in [1.29, 1.82) is 0 Å². The monoisotopic (exact) mass is 621 g/mol. The molecule has 6 nitrogen and oxygen atoms in total. The Morgan fingerprint density at radius 1 is 0.644 bits per heavy atom. The maximum Gasteiger partial charge on any atom is 0.254 e. The van der Waals surface area contributed by atoms with Gasteiger partial charge in [0.1, 0.15) is 0 Å². The summed E-state index contributed by atoms with van der Waals surface area (Å²) < 4.78 is 0. The van der Waals surface area contributed by atoms with Gasteiger partial charge in [-0.3, -0.25) is 14.4 Å². The van der Waals surface area contributed by atoms with Crippen molar-refractivity contribution in [2.24, 2.45) is 29.4 Å². The summed E-state index contributed by atoms with van der Waals surface area (Å²) in [7, 11) is 0. The molecule has 6 heteroatoms. The van der Waals surface area contributed by atoms with E-state index < -0.39 is 5.91 Å². The van der Waals surface area contributed by atoms with E-state index in [0.29, 0.717) is 11.3 Å². The molecule has 0 unspecified atom stereocenters. The predicted molar refractivity (Wildman–Crippen MR) is 185 cm³/mol. The molecule has 0 heterocycles. The van der Waals surface area contributed by atoms with E-state index in [4.69, 9.17) is 5.73 Å². The van der Waals surface area contributed by atoms with Crippen molar-refractivity contribution < 1.29 is 14.4 Å². The Hall–Kier alpha value is -2.37. The van der Waals surface area contributed by atoms with Gasteiger partial charge in [-0.2, -0.15) is 0 Å². The highest BCUT2D eigenvalue weighted by molar-refractivity contribution is 6.02. The number of nitrogens with zero attached hydrogens (tertiary/aromatic N) is 1. The van der Waals surface area contributed by atoms with Crippen LogP contribution in [0.5, 0.6) is 0 Å². The number of unbranched alkanes of at least 4 members (excludes halogenated alkanes) is 3. The minimum Gasteiger partial charge on any atom is -0.366 e.